The van der Waals surface area contributed by atoms with Gasteiger partial charge in [-0.2, -0.15) is 0 Å². The standard InChI is InChI=1S/C21H28O/c1-21-11-10-17-16-7-5-15(22)12-14(16)4-6-18(17)20(21)9-8-19(21)13-2-3-13/h12,16-18,20H,2-11H2,1H3. The summed E-state index contributed by atoms with van der Waals surface area (Å²) in [6.45, 7) is 2.61. The molecule has 4 fully saturated rings. The van der Waals surface area contributed by atoms with Crippen molar-refractivity contribution >= 4 is 5.78 Å². The summed E-state index contributed by atoms with van der Waals surface area (Å²) in [5.41, 5.74) is 5.82. The highest BCUT2D eigenvalue weighted by molar-refractivity contribution is 5.91. The van der Waals surface area contributed by atoms with Crippen LogP contribution in [0, 0.1) is 29.1 Å². The van der Waals surface area contributed by atoms with Gasteiger partial charge in [0.15, 0.2) is 5.78 Å². The van der Waals surface area contributed by atoms with Gasteiger partial charge in [-0.1, -0.05) is 23.6 Å². The molecule has 22 heavy (non-hydrogen) atoms. The zero-order chi connectivity index (χ0) is 14.9. The molecule has 0 heterocycles. The highest BCUT2D eigenvalue weighted by Gasteiger charge is 2.55. The number of hydrogen-bond acceptors (Lipinski definition) is 1. The Kier molecular flexibility index (Phi) is 2.83. The van der Waals surface area contributed by atoms with E-state index >= 15 is 0 Å². The first-order chi connectivity index (χ1) is 10.7. The van der Waals surface area contributed by atoms with Crippen LogP contribution in [-0.4, -0.2) is 5.78 Å². The molecule has 5 rings (SSSR count). The van der Waals surface area contributed by atoms with Crippen LogP contribution in [-0.2, 0) is 4.79 Å². The smallest absolute Gasteiger partial charge is 0.155 e. The SMILES string of the molecule is CC12CCC3C4CCC(=O)C=C4CCC3C1CCC2=C1CC1. The molecule has 0 aliphatic heterocycles. The second-order valence-corrected chi connectivity index (χ2v) is 8.88. The summed E-state index contributed by atoms with van der Waals surface area (Å²) >= 11 is 0. The third kappa shape index (κ3) is 1.80. The van der Waals surface area contributed by atoms with Gasteiger partial charge in [0.2, 0.25) is 0 Å². The van der Waals surface area contributed by atoms with E-state index in [4.69, 9.17) is 0 Å². The Bertz CT molecular complexity index is 589. The average Bonchev–Trinajstić information content (AvgIpc) is 3.28. The van der Waals surface area contributed by atoms with Crippen LogP contribution in [0.4, 0.5) is 0 Å². The molecule has 0 aromatic heterocycles. The Balaban J connectivity index is 1.47. The molecule has 0 spiro atoms. The molecule has 5 aliphatic rings. The largest absolute Gasteiger partial charge is 0.295 e. The third-order valence-corrected chi connectivity index (χ3v) is 8.01. The number of fused-ring (bicyclic) bond motifs is 5. The lowest BCUT2D eigenvalue weighted by Gasteiger charge is -2.53. The van der Waals surface area contributed by atoms with Crippen LogP contribution in [0.1, 0.15) is 71.1 Å². The van der Waals surface area contributed by atoms with Crippen molar-refractivity contribution in [3.63, 3.8) is 0 Å². The molecule has 0 N–H and O–H groups in total. The number of carbonyl (C=O) groups excluding carboxylic acids is 1. The van der Waals surface area contributed by atoms with Gasteiger partial charge in [0.25, 0.3) is 0 Å². The zero-order valence-electron chi connectivity index (χ0n) is 13.9. The molecule has 0 saturated heterocycles. The zero-order valence-corrected chi connectivity index (χ0v) is 13.9. The van der Waals surface area contributed by atoms with Gasteiger partial charge in [-0.25, -0.2) is 0 Å². The Morgan fingerprint density at radius 1 is 0.955 bits per heavy atom. The maximum absolute atomic E-state index is 11.8. The minimum absolute atomic E-state index is 0.395. The number of ketones is 1. The molecule has 0 bridgehead atoms. The van der Waals surface area contributed by atoms with E-state index < -0.39 is 0 Å². The highest BCUT2D eigenvalue weighted by Crippen LogP contribution is 2.65. The first-order valence-electron chi connectivity index (χ1n) is 9.61. The van der Waals surface area contributed by atoms with Crippen molar-refractivity contribution in [3.05, 3.63) is 22.8 Å². The van der Waals surface area contributed by atoms with Gasteiger partial charge in [0.05, 0.1) is 0 Å². The molecule has 4 saturated carbocycles. The predicted octanol–water partition coefficient (Wildman–Crippen LogP) is 5.22. The Hall–Kier alpha value is -0.850. The minimum atomic E-state index is 0.395. The van der Waals surface area contributed by atoms with E-state index in [2.05, 4.69) is 6.92 Å². The summed E-state index contributed by atoms with van der Waals surface area (Å²) in [5, 5.41) is 0. The second-order valence-electron chi connectivity index (χ2n) is 8.88. The summed E-state index contributed by atoms with van der Waals surface area (Å²) in [5.74, 6) is 3.96. The summed E-state index contributed by atoms with van der Waals surface area (Å²) in [6, 6.07) is 0. The van der Waals surface area contributed by atoms with Gasteiger partial charge >= 0.3 is 0 Å². The van der Waals surface area contributed by atoms with Crippen LogP contribution in [0.5, 0.6) is 0 Å². The van der Waals surface area contributed by atoms with E-state index in [1.807, 2.05) is 17.2 Å². The van der Waals surface area contributed by atoms with E-state index in [-0.39, 0.29) is 0 Å². The molecular weight excluding hydrogens is 268 g/mol. The molecule has 0 radical (unpaired) electrons. The Labute approximate surface area is 134 Å². The van der Waals surface area contributed by atoms with Gasteiger partial charge in [0, 0.05) is 6.42 Å². The molecule has 0 aromatic carbocycles. The maximum atomic E-state index is 11.8. The van der Waals surface area contributed by atoms with Crippen LogP contribution in [0.3, 0.4) is 0 Å². The van der Waals surface area contributed by atoms with Gasteiger partial charge in [0.1, 0.15) is 0 Å². The van der Waals surface area contributed by atoms with Crippen molar-refractivity contribution in [1.82, 2.24) is 0 Å². The van der Waals surface area contributed by atoms with E-state index in [9.17, 15) is 4.79 Å². The minimum Gasteiger partial charge on any atom is -0.295 e. The summed E-state index contributed by atoms with van der Waals surface area (Å²) < 4.78 is 0. The van der Waals surface area contributed by atoms with Crippen molar-refractivity contribution in [2.24, 2.45) is 29.1 Å². The molecule has 5 atom stereocenters. The quantitative estimate of drug-likeness (QED) is 0.560. The van der Waals surface area contributed by atoms with Crippen molar-refractivity contribution in [2.45, 2.75) is 71.1 Å². The van der Waals surface area contributed by atoms with Crippen molar-refractivity contribution in [3.8, 4) is 0 Å². The van der Waals surface area contributed by atoms with Crippen LogP contribution in [0.2, 0.25) is 0 Å². The topological polar surface area (TPSA) is 17.1 Å². The molecule has 0 aromatic rings. The van der Waals surface area contributed by atoms with Gasteiger partial charge in [-0.05, 0) is 93.0 Å². The molecule has 5 unspecified atom stereocenters. The summed E-state index contributed by atoms with van der Waals surface area (Å²) in [6.07, 6.45) is 15.1. The number of rotatable bonds is 0. The van der Waals surface area contributed by atoms with Gasteiger partial charge in [-0.15, -0.1) is 0 Å². The lowest BCUT2D eigenvalue weighted by molar-refractivity contribution is -0.115. The number of carbonyl (C=O) groups is 1. The normalized spacial score (nSPS) is 46.8. The van der Waals surface area contributed by atoms with Crippen molar-refractivity contribution < 1.29 is 4.79 Å². The Morgan fingerprint density at radius 3 is 2.64 bits per heavy atom. The van der Waals surface area contributed by atoms with Crippen LogP contribution >= 0.6 is 0 Å². The lowest BCUT2D eigenvalue weighted by atomic mass is 9.52. The molecule has 5 aliphatic carbocycles. The van der Waals surface area contributed by atoms with E-state index in [1.165, 1.54) is 56.9 Å². The van der Waals surface area contributed by atoms with E-state index in [1.54, 1.807) is 0 Å². The fourth-order valence-electron chi connectivity index (χ4n) is 6.94. The first kappa shape index (κ1) is 13.6. The summed E-state index contributed by atoms with van der Waals surface area (Å²) in [7, 11) is 0. The number of hydrogen-bond donors (Lipinski definition) is 0. The molecule has 1 nitrogen and oxygen atoms in total. The highest BCUT2D eigenvalue weighted by atomic mass is 16.1. The molecule has 1 heteroatoms. The maximum Gasteiger partial charge on any atom is 0.155 e. The lowest BCUT2D eigenvalue weighted by Crippen LogP contribution is -2.45. The molecule has 118 valence electrons. The van der Waals surface area contributed by atoms with Gasteiger partial charge in [-0.3, -0.25) is 4.79 Å². The predicted molar refractivity (Wildman–Crippen MR) is 88.4 cm³/mol. The second kappa shape index (κ2) is 4.58. The molecular formula is C21H28O. The van der Waals surface area contributed by atoms with Crippen LogP contribution in [0.15, 0.2) is 22.8 Å². The van der Waals surface area contributed by atoms with Crippen molar-refractivity contribution in [2.75, 3.05) is 0 Å². The summed E-state index contributed by atoms with van der Waals surface area (Å²) in [4.78, 5) is 11.8. The first-order valence-corrected chi connectivity index (χ1v) is 9.61. The average molecular weight is 296 g/mol. The van der Waals surface area contributed by atoms with Crippen molar-refractivity contribution in [1.29, 1.82) is 0 Å². The van der Waals surface area contributed by atoms with Crippen LogP contribution < -0.4 is 0 Å². The fraction of sp³-hybridized carbons (Fsp3) is 0.762. The Morgan fingerprint density at radius 2 is 1.82 bits per heavy atom. The van der Waals surface area contributed by atoms with E-state index in [0.717, 1.165) is 36.5 Å². The number of allylic oxidation sites excluding steroid dienone is 3. The van der Waals surface area contributed by atoms with Gasteiger partial charge < -0.3 is 0 Å². The fourth-order valence-corrected chi connectivity index (χ4v) is 6.94. The third-order valence-electron chi connectivity index (χ3n) is 8.01. The van der Waals surface area contributed by atoms with Crippen LogP contribution in [0.25, 0.3) is 0 Å². The monoisotopic (exact) mass is 296 g/mol. The van der Waals surface area contributed by atoms with E-state index in [0.29, 0.717) is 11.2 Å². The molecule has 0 amide bonds.